The topological polar surface area (TPSA) is 212 Å². The van der Waals surface area contributed by atoms with Crippen molar-refractivity contribution in [3.8, 4) is 17.2 Å². The molecule has 240 valence electrons. The lowest BCUT2D eigenvalue weighted by Crippen LogP contribution is -2.52. The Bertz CT molecular complexity index is 1770. The van der Waals surface area contributed by atoms with E-state index in [1.807, 2.05) is 0 Å². The molecule has 3 aliphatic rings. The molecule has 1 aromatic heterocycles. The molecule has 1 fully saturated rings. The van der Waals surface area contributed by atoms with Crippen LogP contribution in [-0.2, 0) is 20.7 Å². The molecule has 3 aromatic rings. The Morgan fingerprint density at radius 1 is 1.17 bits per heavy atom. The summed E-state index contributed by atoms with van der Waals surface area (Å²) in [6.07, 6.45) is -0.518. The van der Waals surface area contributed by atoms with E-state index >= 15 is 0 Å². The monoisotopic (exact) mass is 649 g/mol. The van der Waals surface area contributed by atoms with Gasteiger partial charge in [-0.05, 0) is 19.9 Å². The normalized spacial score (nSPS) is 26.9. The summed E-state index contributed by atoms with van der Waals surface area (Å²) in [6.45, 7) is 2.33. The maximum atomic E-state index is 14.2. The van der Waals surface area contributed by atoms with Gasteiger partial charge in [-0.3, -0.25) is 19.4 Å². The van der Waals surface area contributed by atoms with Crippen molar-refractivity contribution >= 4 is 34.4 Å². The van der Waals surface area contributed by atoms with Crippen molar-refractivity contribution in [3.63, 3.8) is 0 Å². The van der Waals surface area contributed by atoms with Crippen molar-refractivity contribution < 1.29 is 49.0 Å². The Balaban J connectivity index is 1.42. The van der Waals surface area contributed by atoms with Gasteiger partial charge in [-0.15, -0.1) is 0 Å². The highest BCUT2D eigenvalue weighted by atomic mass is 32.1. The molecule has 0 bridgehead atoms. The minimum atomic E-state index is -1.99. The van der Waals surface area contributed by atoms with Crippen molar-refractivity contribution in [2.45, 2.75) is 69.4 Å². The first-order valence-corrected chi connectivity index (χ1v) is 15.0. The summed E-state index contributed by atoms with van der Waals surface area (Å²) in [5.74, 6) is -2.87. The summed E-state index contributed by atoms with van der Waals surface area (Å²) in [5.41, 5.74) is 3.84. The van der Waals surface area contributed by atoms with Crippen molar-refractivity contribution in [1.29, 1.82) is 0 Å². The number of rotatable bonds is 7. The lowest BCUT2D eigenvalue weighted by molar-refractivity contribution is -0.247. The Labute approximate surface area is 268 Å². The highest BCUT2D eigenvalue weighted by Gasteiger charge is 2.49. The average Bonchev–Trinajstić information content (AvgIpc) is 3.02. The van der Waals surface area contributed by atoms with Crippen LogP contribution in [0.1, 0.15) is 81.5 Å². The van der Waals surface area contributed by atoms with E-state index in [1.165, 1.54) is 31.6 Å². The van der Waals surface area contributed by atoms with Gasteiger partial charge in [0.1, 0.15) is 28.5 Å². The van der Waals surface area contributed by atoms with Gasteiger partial charge in [-0.25, -0.2) is 4.98 Å². The van der Waals surface area contributed by atoms with E-state index in [2.05, 4.69) is 9.97 Å². The van der Waals surface area contributed by atoms with Crippen LogP contribution in [0.2, 0.25) is 0 Å². The van der Waals surface area contributed by atoms with Gasteiger partial charge in [0.25, 0.3) is 0 Å². The fourth-order valence-corrected chi connectivity index (χ4v) is 6.64. The van der Waals surface area contributed by atoms with E-state index in [0.717, 1.165) is 0 Å². The summed E-state index contributed by atoms with van der Waals surface area (Å²) in [6, 6.07) is 3.88. The first-order chi connectivity index (χ1) is 21.8. The largest absolute Gasteiger partial charge is 0.507 e. The van der Waals surface area contributed by atoms with Gasteiger partial charge in [0.2, 0.25) is 11.6 Å². The molecule has 2 heterocycles. The zero-order chi connectivity index (χ0) is 33.1. The number of nitrogens with two attached hydrogens (primary N) is 1. The third-order valence-corrected chi connectivity index (χ3v) is 9.21. The number of carbonyl (C=O) groups excluding carboxylic acids is 3. The van der Waals surface area contributed by atoms with Gasteiger partial charge < -0.3 is 40.4 Å². The van der Waals surface area contributed by atoms with Crippen molar-refractivity contribution in [3.05, 3.63) is 75.9 Å². The summed E-state index contributed by atoms with van der Waals surface area (Å²) < 4.78 is 17.7. The predicted molar refractivity (Wildman–Crippen MR) is 163 cm³/mol. The first kappa shape index (κ1) is 31.8. The van der Waals surface area contributed by atoms with Crippen LogP contribution in [0.3, 0.4) is 0 Å². The van der Waals surface area contributed by atoms with Crippen LogP contribution in [0.4, 0.5) is 0 Å². The van der Waals surface area contributed by atoms with E-state index in [9.17, 15) is 34.8 Å². The molecule has 0 saturated carbocycles. The number of phenolic OH excluding ortho intramolecular Hbond substituents is 2. The number of ether oxygens (including phenoxy) is 3. The number of ketones is 3. The molecule has 13 nitrogen and oxygen atoms in total. The minimum Gasteiger partial charge on any atom is -0.507 e. The lowest BCUT2D eigenvalue weighted by Gasteiger charge is -2.42. The molecular weight excluding hydrogens is 618 g/mol. The molecule has 46 heavy (non-hydrogen) atoms. The second-order valence-corrected chi connectivity index (χ2v) is 12.1. The van der Waals surface area contributed by atoms with Crippen LogP contribution >= 0.6 is 12.2 Å². The molecule has 4 unspecified atom stereocenters. The summed E-state index contributed by atoms with van der Waals surface area (Å²) in [5, 5.41) is 45.0. The standard InChI is InChI=1S/C32H31N3O10S/c1-13-27(38)17(33)8-22(44-13)45-21-10-32(42,14(2)36)9-16-24(21)30(41)25-26(28(16)39)31(46)15-4-3-5-20(23(15)29(25)40)43-12-19(37)18-11-34-6-7-35-18/h3-7,11,13,17,21-22,27,38-39,41-42H,8-10,12,33H2,1-2H3/t13?,17?,21-,22?,27?,32-/m0/s1. The van der Waals surface area contributed by atoms with Crippen LogP contribution in [-0.4, -0.2) is 89.4 Å². The number of benzene rings is 2. The maximum absolute atomic E-state index is 14.2. The second kappa shape index (κ2) is 11.9. The molecule has 1 saturated heterocycles. The summed E-state index contributed by atoms with van der Waals surface area (Å²) >= 11 is 5.72. The van der Waals surface area contributed by atoms with Crippen LogP contribution in [0.15, 0.2) is 36.8 Å². The Hall–Kier alpha value is -4.18. The Morgan fingerprint density at radius 3 is 2.61 bits per heavy atom. The molecule has 6 atom stereocenters. The van der Waals surface area contributed by atoms with E-state index in [4.69, 9.17) is 32.2 Å². The molecule has 2 aromatic carbocycles. The smallest absolute Gasteiger partial charge is 0.220 e. The number of aromatic hydroxyl groups is 2. The molecule has 2 aliphatic carbocycles. The lowest BCUT2D eigenvalue weighted by atomic mass is 9.72. The van der Waals surface area contributed by atoms with Crippen LogP contribution in [0.25, 0.3) is 0 Å². The van der Waals surface area contributed by atoms with Crippen LogP contribution in [0, 0.1) is 0 Å². The molecule has 6 rings (SSSR count). The van der Waals surface area contributed by atoms with Gasteiger partial charge in [-0.1, -0.05) is 24.4 Å². The molecule has 14 heteroatoms. The predicted octanol–water partition coefficient (Wildman–Crippen LogP) is 1.61. The first-order valence-electron chi connectivity index (χ1n) is 14.6. The Kier molecular flexibility index (Phi) is 8.21. The highest BCUT2D eigenvalue weighted by Crippen LogP contribution is 2.52. The number of aromatic nitrogens is 2. The van der Waals surface area contributed by atoms with Crippen molar-refractivity contribution in [2.75, 3.05) is 6.61 Å². The molecule has 0 spiro atoms. The quantitative estimate of drug-likeness (QED) is 0.109. The number of fused-ring (bicyclic) bond motifs is 3. The number of nitrogens with zero attached hydrogens (tertiary/aromatic N) is 2. The van der Waals surface area contributed by atoms with E-state index in [-0.39, 0.29) is 69.0 Å². The van der Waals surface area contributed by atoms with Gasteiger partial charge in [0.05, 0.1) is 46.1 Å². The number of carbonyl (C=O) groups is 3. The number of thiocarbonyl (C=S) groups is 1. The number of phenols is 2. The molecule has 1 aliphatic heterocycles. The van der Waals surface area contributed by atoms with Crippen LogP contribution < -0.4 is 10.5 Å². The fraction of sp³-hybridized carbons (Fsp3) is 0.375. The molecule has 0 radical (unpaired) electrons. The van der Waals surface area contributed by atoms with Crippen molar-refractivity contribution in [2.24, 2.45) is 5.73 Å². The third-order valence-electron chi connectivity index (χ3n) is 8.79. The van der Waals surface area contributed by atoms with Gasteiger partial charge in [0.15, 0.2) is 18.7 Å². The van der Waals surface area contributed by atoms with Crippen molar-refractivity contribution in [1.82, 2.24) is 9.97 Å². The number of aliphatic hydroxyl groups excluding tert-OH is 1. The highest BCUT2D eigenvalue weighted by molar-refractivity contribution is 7.81. The van der Waals surface area contributed by atoms with E-state index in [1.54, 1.807) is 19.1 Å². The molecular formula is C32H31N3O10S. The molecule has 0 amide bonds. The summed E-state index contributed by atoms with van der Waals surface area (Å²) in [4.78, 5) is 47.3. The zero-order valence-electron chi connectivity index (χ0n) is 24.8. The Morgan fingerprint density at radius 2 is 1.93 bits per heavy atom. The number of Topliss-reactive ketones (excluding diaryl/α,β-unsaturated/α-hetero) is 2. The van der Waals surface area contributed by atoms with Gasteiger partial charge >= 0.3 is 0 Å². The summed E-state index contributed by atoms with van der Waals surface area (Å²) in [7, 11) is 0. The maximum Gasteiger partial charge on any atom is 0.220 e. The minimum absolute atomic E-state index is 0.00436. The van der Waals surface area contributed by atoms with Gasteiger partial charge in [0, 0.05) is 54.4 Å². The number of hydrogen-bond acceptors (Lipinski definition) is 14. The second-order valence-electron chi connectivity index (χ2n) is 11.7. The van der Waals surface area contributed by atoms with E-state index in [0.29, 0.717) is 0 Å². The zero-order valence-corrected chi connectivity index (χ0v) is 25.6. The number of hydrogen-bond donors (Lipinski definition) is 5. The van der Waals surface area contributed by atoms with Gasteiger partial charge in [-0.2, -0.15) is 0 Å². The third kappa shape index (κ3) is 5.26. The SMILES string of the molecule is CC(=O)[C@]1(O)Cc2c(O)c3c(c(O)c2[C@@H](OC2CC(N)C(O)C(C)O2)C1)C(=O)c1c(OCC(=O)c2cnccn2)cccc1C3=S. The average molecular weight is 650 g/mol. The molecule has 6 N–H and O–H groups in total. The van der Waals surface area contributed by atoms with Crippen LogP contribution in [0.5, 0.6) is 17.2 Å². The van der Waals surface area contributed by atoms with E-state index < -0.39 is 71.7 Å². The fourth-order valence-electron chi connectivity index (χ4n) is 6.27. The number of aliphatic hydroxyl groups is 2.